The highest BCUT2D eigenvalue weighted by Crippen LogP contribution is 2.35. The van der Waals surface area contributed by atoms with Gasteiger partial charge in [0.2, 0.25) is 0 Å². The molecule has 0 unspecified atom stereocenters. The molecule has 0 saturated carbocycles. The molecule has 2 N–H and O–H groups in total. The maximum atomic E-state index is 12.7. The van der Waals surface area contributed by atoms with Gasteiger partial charge in [-0.15, -0.1) is 0 Å². The first-order valence-corrected chi connectivity index (χ1v) is 6.08. The van der Waals surface area contributed by atoms with Crippen LogP contribution in [-0.4, -0.2) is 5.71 Å². The summed E-state index contributed by atoms with van der Waals surface area (Å²) in [5.74, 6) is 0. The molecule has 2 aromatic rings. The van der Waals surface area contributed by atoms with Gasteiger partial charge in [0.1, 0.15) is 0 Å². The monoisotopic (exact) mass is 276 g/mol. The van der Waals surface area contributed by atoms with Crippen LogP contribution < -0.4 is 5.73 Å². The van der Waals surface area contributed by atoms with Crippen molar-refractivity contribution in [3.05, 3.63) is 59.2 Å². The average Bonchev–Trinajstić information content (AvgIpc) is 2.83. The molecule has 0 fully saturated rings. The lowest BCUT2D eigenvalue weighted by Crippen LogP contribution is -2.07. The summed E-state index contributed by atoms with van der Waals surface area (Å²) in [5, 5.41) is 0. The average molecular weight is 276 g/mol. The molecule has 102 valence electrons. The number of hydrogen-bond donors (Lipinski definition) is 1. The summed E-state index contributed by atoms with van der Waals surface area (Å²) in [6.07, 6.45) is -3.84. The van der Waals surface area contributed by atoms with Gasteiger partial charge >= 0.3 is 6.18 Å². The Morgan fingerprint density at radius 1 is 1.05 bits per heavy atom. The van der Waals surface area contributed by atoms with E-state index in [0.717, 1.165) is 17.7 Å². The highest BCUT2D eigenvalue weighted by atomic mass is 19.4. The van der Waals surface area contributed by atoms with Gasteiger partial charge < -0.3 is 5.73 Å². The van der Waals surface area contributed by atoms with Crippen molar-refractivity contribution in [3.8, 4) is 0 Å². The van der Waals surface area contributed by atoms with Gasteiger partial charge in [-0.2, -0.15) is 13.2 Å². The van der Waals surface area contributed by atoms with Crippen LogP contribution in [0, 0.1) is 0 Å². The zero-order chi connectivity index (χ0) is 14.3. The van der Waals surface area contributed by atoms with Crippen LogP contribution >= 0.6 is 0 Å². The molecule has 0 aliphatic carbocycles. The number of alkyl halides is 3. The van der Waals surface area contributed by atoms with Gasteiger partial charge in [0.15, 0.2) is 0 Å². The van der Waals surface area contributed by atoms with Crippen molar-refractivity contribution >= 4 is 17.1 Å². The number of anilines is 1. The van der Waals surface area contributed by atoms with Crippen molar-refractivity contribution in [2.75, 3.05) is 5.73 Å². The molecule has 2 aromatic carbocycles. The first kappa shape index (κ1) is 12.7. The second kappa shape index (κ2) is 4.37. The zero-order valence-electron chi connectivity index (χ0n) is 10.4. The maximum Gasteiger partial charge on any atom is 0.416 e. The predicted octanol–water partition coefficient (Wildman–Crippen LogP) is 3.96. The minimum Gasteiger partial charge on any atom is -0.397 e. The molecule has 0 atom stereocenters. The highest BCUT2D eigenvalue weighted by molar-refractivity contribution is 6.07. The summed E-state index contributed by atoms with van der Waals surface area (Å²) >= 11 is 0. The van der Waals surface area contributed by atoms with E-state index in [9.17, 15) is 13.2 Å². The van der Waals surface area contributed by atoms with E-state index in [2.05, 4.69) is 4.99 Å². The molecular formula is C15H11F3N2. The van der Waals surface area contributed by atoms with Gasteiger partial charge in [0.25, 0.3) is 0 Å². The van der Waals surface area contributed by atoms with Gasteiger partial charge in [-0.1, -0.05) is 24.3 Å². The lowest BCUT2D eigenvalue weighted by Gasteiger charge is -2.08. The number of benzene rings is 2. The number of fused-ring (bicyclic) bond motifs is 1. The molecule has 0 spiro atoms. The molecule has 2 nitrogen and oxygen atoms in total. The highest BCUT2D eigenvalue weighted by Gasteiger charge is 2.31. The van der Waals surface area contributed by atoms with Crippen molar-refractivity contribution < 1.29 is 13.2 Å². The first-order valence-electron chi connectivity index (χ1n) is 6.08. The quantitative estimate of drug-likeness (QED) is 0.786. The Balaban J connectivity index is 2.01. The zero-order valence-corrected chi connectivity index (χ0v) is 10.4. The number of nitrogen functional groups attached to an aromatic ring is 1. The molecule has 20 heavy (non-hydrogen) atoms. The molecule has 0 amide bonds. The summed E-state index contributed by atoms with van der Waals surface area (Å²) in [7, 11) is 0. The standard InChI is InChI=1S/C15H11F3N2/c16-15(17,18)11-5-1-3-9(7-11)13-8-10-4-2-6-12(19)14(10)20-13/h1-7H,8,19H2. The van der Waals surface area contributed by atoms with E-state index in [1.165, 1.54) is 6.07 Å². The van der Waals surface area contributed by atoms with Gasteiger partial charge in [-0.05, 0) is 29.3 Å². The van der Waals surface area contributed by atoms with Crippen molar-refractivity contribution in [1.82, 2.24) is 0 Å². The van der Waals surface area contributed by atoms with Crippen molar-refractivity contribution in [1.29, 1.82) is 0 Å². The second-order valence-corrected chi connectivity index (χ2v) is 4.67. The number of hydrogen-bond acceptors (Lipinski definition) is 2. The fourth-order valence-electron chi connectivity index (χ4n) is 2.29. The second-order valence-electron chi connectivity index (χ2n) is 4.67. The largest absolute Gasteiger partial charge is 0.416 e. The van der Waals surface area contributed by atoms with Crippen LogP contribution in [0.4, 0.5) is 24.5 Å². The molecular weight excluding hydrogens is 265 g/mol. The maximum absolute atomic E-state index is 12.7. The van der Waals surface area contributed by atoms with Crippen molar-refractivity contribution in [2.45, 2.75) is 12.6 Å². The Morgan fingerprint density at radius 3 is 2.50 bits per heavy atom. The van der Waals surface area contributed by atoms with Gasteiger partial charge in [0.05, 0.1) is 22.6 Å². The van der Waals surface area contributed by atoms with Crippen LogP contribution in [0.1, 0.15) is 16.7 Å². The van der Waals surface area contributed by atoms with Crippen LogP contribution in [0.25, 0.3) is 0 Å². The first-order chi connectivity index (χ1) is 9.45. The number of nitrogens with two attached hydrogens (primary N) is 1. The Bertz CT molecular complexity index is 703. The smallest absolute Gasteiger partial charge is 0.397 e. The van der Waals surface area contributed by atoms with Crippen LogP contribution in [0.2, 0.25) is 0 Å². The fourth-order valence-corrected chi connectivity index (χ4v) is 2.29. The number of para-hydroxylation sites is 1. The molecule has 0 aromatic heterocycles. The number of rotatable bonds is 1. The van der Waals surface area contributed by atoms with Crippen LogP contribution in [0.5, 0.6) is 0 Å². The van der Waals surface area contributed by atoms with E-state index >= 15 is 0 Å². The summed E-state index contributed by atoms with van der Waals surface area (Å²) in [6.45, 7) is 0. The van der Waals surface area contributed by atoms with Gasteiger partial charge in [-0.25, -0.2) is 0 Å². The third-order valence-electron chi connectivity index (χ3n) is 3.28. The minimum absolute atomic E-state index is 0.482. The van der Waals surface area contributed by atoms with Crippen LogP contribution in [-0.2, 0) is 12.6 Å². The topological polar surface area (TPSA) is 38.4 Å². The third kappa shape index (κ3) is 2.15. The Hall–Kier alpha value is -2.30. The Labute approximate surface area is 113 Å². The summed E-state index contributed by atoms with van der Waals surface area (Å²) in [4.78, 5) is 4.37. The molecule has 3 rings (SSSR count). The Morgan fingerprint density at radius 2 is 1.80 bits per heavy atom. The van der Waals surface area contributed by atoms with Gasteiger partial charge in [-0.3, -0.25) is 4.99 Å². The summed E-state index contributed by atoms with van der Waals surface area (Å²) in [6, 6.07) is 10.6. The molecule has 0 radical (unpaired) electrons. The van der Waals surface area contributed by atoms with E-state index < -0.39 is 11.7 Å². The van der Waals surface area contributed by atoms with Crippen molar-refractivity contribution in [3.63, 3.8) is 0 Å². The molecule has 1 aliphatic rings. The Kier molecular flexibility index (Phi) is 2.78. The minimum atomic E-state index is -4.35. The predicted molar refractivity (Wildman–Crippen MR) is 72.2 cm³/mol. The SMILES string of the molecule is Nc1cccc2c1N=C(c1cccc(C(F)(F)F)c1)C2. The fraction of sp³-hybridized carbons (Fsp3) is 0.133. The number of nitrogens with zero attached hydrogens (tertiary/aromatic N) is 1. The van der Waals surface area contributed by atoms with Crippen LogP contribution in [0.3, 0.4) is 0 Å². The third-order valence-corrected chi connectivity index (χ3v) is 3.28. The van der Waals surface area contributed by atoms with E-state index in [1.54, 1.807) is 12.1 Å². The summed E-state index contributed by atoms with van der Waals surface area (Å²) in [5.41, 5.74) is 8.41. The lowest BCUT2D eigenvalue weighted by atomic mass is 10.0. The van der Waals surface area contributed by atoms with E-state index in [0.29, 0.717) is 29.1 Å². The van der Waals surface area contributed by atoms with Crippen molar-refractivity contribution in [2.24, 2.45) is 4.99 Å². The van der Waals surface area contributed by atoms with Crippen LogP contribution in [0.15, 0.2) is 47.5 Å². The molecule has 0 bridgehead atoms. The normalized spacial score (nSPS) is 14.1. The number of aliphatic imine (C=N–C) groups is 1. The molecule has 5 heteroatoms. The molecule has 1 heterocycles. The van der Waals surface area contributed by atoms with Gasteiger partial charge in [0, 0.05) is 6.42 Å². The lowest BCUT2D eigenvalue weighted by molar-refractivity contribution is -0.137. The summed E-state index contributed by atoms with van der Waals surface area (Å²) < 4.78 is 38.2. The molecule has 1 aliphatic heterocycles. The molecule has 0 saturated heterocycles. The van der Waals surface area contributed by atoms with E-state index in [1.807, 2.05) is 12.1 Å². The van der Waals surface area contributed by atoms with E-state index in [-0.39, 0.29) is 0 Å². The van der Waals surface area contributed by atoms with E-state index in [4.69, 9.17) is 5.73 Å². The number of halogens is 3.